The molecule has 1 saturated heterocycles. The minimum absolute atomic E-state index is 0. The van der Waals surface area contributed by atoms with Gasteiger partial charge in [-0.25, -0.2) is 4.79 Å². The van der Waals surface area contributed by atoms with Gasteiger partial charge in [-0.3, -0.25) is 4.99 Å². The number of amides is 1. The maximum atomic E-state index is 11.6. The zero-order valence-corrected chi connectivity index (χ0v) is 21.8. The summed E-state index contributed by atoms with van der Waals surface area (Å²) in [5.74, 6) is 1.46. The Bertz CT molecular complexity index is 664. The number of ether oxygens (including phenoxy) is 1. The number of benzene rings is 1. The van der Waals surface area contributed by atoms with E-state index in [0.29, 0.717) is 12.5 Å². The molecule has 0 aromatic heterocycles. The maximum absolute atomic E-state index is 11.6. The predicted molar refractivity (Wildman–Crippen MR) is 138 cm³/mol. The molecule has 7 nitrogen and oxygen atoms in total. The van der Waals surface area contributed by atoms with Crippen LogP contribution in [0.2, 0.25) is 0 Å². The fourth-order valence-corrected chi connectivity index (χ4v) is 3.48. The molecule has 0 aliphatic carbocycles. The number of hydrogen-bond donors (Lipinski definition) is 3. The zero-order valence-electron chi connectivity index (χ0n) is 19.4. The van der Waals surface area contributed by atoms with Crippen LogP contribution in [0.1, 0.15) is 39.2 Å². The van der Waals surface area contributed by atoms with E-state index in [9.17, 15) is 4.79 Å². The van der Waals surface area contributed by atoms with Gasteiger partial charge in [0.05, 0.1) is 0 Å². The Hall–Kier alpha value is -1.55. The van der Waals surface area contributed by atoms with Gasteiger partial charge in [0.15, 0.2) is 5.96 Å². The van der Waals surface area contributed by atoms with Crippen LogP contribution in [0.15, 0.2) is 35.3 Å². The quantitative estimate of drug-likeness (QED) is 0.192. The Balaban J connectivity index is 0.00000480. The van der Waals surface area contributed by atoms with Crippen molar-refractivity contribution in [1.82, 2.24) is 20.9 Å². The van der Waals surface area contributed by atoms with Crippen LogP contribution in [0.25, 0.3) is 0 Å². The molecule has 1 atom stereocenters. The second kappa shape index (κ2) is 14.5. The molecule has 0 bridgehead atoms. The van der Waals surface area contributed by atoms with Crippen LogP contribution in [0.4, 0.5) is 4.79 Å². The molecule has 1 heterocycles. The number of nitrogens with zero attached hydrogens (tertiary/aromatic N) is 2. The minimum atomic E-state index is -0.467. The number of likely N-dealkylation sites (tertiary alicyclic amines) is 1. The van der Waals surface area contributed by atoms with E-state index >= 15 is 0 Å². The third-order valence-electron chi connectivity index (χ3n) is 5.03. The molecule has 3 N–H and O–H groups in total. The minimum Gasteiger partial charge on any atom is -0.444 e. The van der Waals surface area contributed by atoms with Crippen LogP contribution in [-0.4, -0.2) is 68.9 Å². The van der Waals surface area contributed by atoms with Crippen molar-refractivity contribution >= 4 is 36.0 Å². The highest BCUT2D eigenvalue weighted by atomic mass is 127. The zero-order chi connectivity index (χ0) is 21.8. The molecule has 2 rings (SSSR count). The summed E-state index contributed by atoms with van der Waals surface area (Å²) < 4.78 is 5.22. The summed E-state index contributed by atoms with van der Waals surface area (Å²) in [7, 11) is 1.79. The van der Waals surface area contributed by atoms with Gasteiger partial charge in [-0.05, 0) is 58.1 Å². The largest absolute Gasteiger partial charge is 0.444 e. The molecule has 0 saturated carbocycles. The fraction of sp³-hybridized carbons (Fsp3) is 0.652. The number of nitrogens with one attached hydrogen (secondary N) is 3. The molecule has 1 aliphatic heterocycles. The van der Waals surface area contributed by atoms with Crippen molar-refractivity contribution in [2.75, 3.05) is 46.3 Å². The molecule has 1 aliphatic rings. The average molecular weight is 546 g/mol. The molecule has 0 spiro atoms. The van der Waals surface area contributed by atoms with Crippen LogP contribution in [0.3, 0.4) is 0 Å². The first kappa shape index (κ1) is 27.5. The van der Waals surface area contributed by atoms with Crippen LogP contribution in [0.5, 0.6) is 0 Å². The van der Waals surface area contributed by atoms with E-state index in [1.54, 1.807) is 7.05 Å². The van der Waals surface area contributed by atoms with E-state index in [4.69, 9.17) is 4.74 Å². The van der Waals surface area contributed by atoms with Gasteiger partial charge in [0.2, 0.25) is 0 Å². The molecule has 8 heteroatoms. The smallest absolute Gasteiger partial charge is 0.407 e. The normalized spacial score (nSPS) is 17.0. The number of rotatable bonds is 9. The third-order valence-corrected chi connectivity index (χ3v) is 5.03. The predicted octanol–water partition coefficient (Wildman–Crippen LogP) is 3.25. The molecule has 1 amide bonds. The van der Waals surface area contributed by atoms with Gasteiger partial charge < -0.3 is 25.6 Å². The van der Waals surface area contributed by atoms with Gasteiger partial charge in [-0.1, -0.05) is 30.3 Å². The van der Waals surface area contributed by atoms with Crippen LogP contribution in [-0.2, 0) is 11.2 Å². The maximum Gasteiger partial charge on any atom is 0.407 e. The number of alkyl carbamates (subject to hydrolysis) is 1. The van der Waals surface area contributed by atoms with Crippen LogP contribution >= 0.6 is 24.0 Å². The summed E-state index contributed by atoms with van der Waals surface area (Å²) in [6.07, 6.45) is 2.76. The molecule has 31 heavy (non-hydrogen) atoms. The summed E-state index contributed by atoms with van der Waals surface area (Å²) in [6.45, 7) is 11.2. The number of halogens is 1. The molecule has 176 valence electrons. The number of carbonyl (C=O) groups excluding carboxylic acids is 1. The average Bonchev–Trinajstić information content (AvgIpc) is 3.16. The molecule has 1 unspecified atom stereocenters. The second-order valence-electron chi connectivity index (χ2n) is 8.85. The summed E-state index contributed by atoms with van der Waals surface area (Å²) in [4.78, 5) is 18.5. The highest BCUT2D eigenvalue weighted by molar-refractivity contribution is 14.0. The van der Waals surface area contributed by atoms with E-state index in [1.807, 2.05) is 20.8 Å². The number of aliphatic imine (C=N–C) groups is 1. The van der Waals surface area contributed by atoms with Gasteiger partial charge in [-0.15, -0.1) is 24.0 Å². The Labute approximate surface area is 204 Å². The van der Waals surface area contributed by atoms with Crippen LogP contribution < -0.4 is 16.0 Å². The third kappa shape index (κ3) is 12.2. The molecule has 0 radical (unpaired) electrons. The lowest BCUT2D eigenvalue weighted by Crippen LogP contribution is -2.41. The lowest BCUT2D eigenvalue weighted by molar-refractivity contribution is 0.0527. The first-order valence-corrected chi connectivity index (χ1v) is 11.0. The van der Waals surface area contributed by atoms with Crippen molar-refractivity contribution in [1.29, 1.82) is 0 Å². The Morgan fingerprint density at radius 3 is 2.55 bits per heavy atom. The Kier molecular flexibility index (Phi) is 12.9. The summed E-state index contributed by atoms with van der Waals surface area (Å²) in [5.41, 5.74) is 0.941. The first-order valence-electron chi connectivity index (χ1n) is 11.0. The Morgan fingerprint density at radius 2 is 1.87 bits per heavy atom. The molecule has 1 aromatic carbocycles. The number of guanidine groups is 1. The first-order chi connectivity index (χ1) is 14.4. The highest BCUT2D eigenvalue weighted by Gasteiger charge is 2.22. The van der Waals surface area contributed by atoms with Gasteiger partial charge in [0.25, 0.3) is 0 Å². The standard InChI is InChI=1S/C23H39N5O2.HI/c1-23(2,3)30-22(29)26-14-8-13-25-21(24-4)27-17-20-12-16-28(18-20)15-11-19-9-6-5-7-10-19;/h5-7,9-10,20H,8,11-18H2,1-4H3,(H,26,29)(H2,24,25,27);1H. The van der Waals surface area contributed by atoms with Crippen molar-refractivity contribution < 1.29 is 9.53 Å². The lowest BCUT2D eigenvalue weighted by Gasteiger charge is -2.20. The van der Waals surface area contributed by atoms with Crippen LogP contribution in [0, 0.1) is 5.92 Å². The SMILES string of the molecule is CN=C(NCCCNC(=O)OC(C)(C)C)NCC1CCN(CCc2ccccc2)C1.I. The highest BCUT2D eigenvalue weighted by Crippen LogP contribution is 2.16. The summed E-state index contributed by atoms with van der Waals surface area (Å²) in [5, 5.41) is 9.51. The fourth-order valence-electron chi connectivity index (χ4n) is 3.48. The number of carbonyl (C=O) groups is 1. The topological polar surface area (TPSA) is 78.0 Å². The second-order valence-corrected chi connectivity index (χ2v) is 8.85. The van der Waals surface area contributed by atoms with E-state index in [1.165, 1.54) is 18.5 Å². The van der Waals surface area contributed by atoms with Gasteiger partial charge >= 0.3 is 6.09 Å². The van der Waals surface area contributed by atoms with Gasteiger partial charge in [0.1, 0.15) is 5.60 Å². The lowest BCUT2D eigenvalue weighted by atomic mass is 10.1. The Morgan fingerprint density at radius 1 is 1.16 bits per heavy atom. The summed E-state index contributed by atoms with van der Waals surface area (Å²) >= 11 is 0. The van der Waals surface area contributed by atoms with E-state index < -0.39 is 5.60 Å². The van der Waals surface area contributed by atoms with Crippen molar-refractivity contribution in [2.45, 2.75) is 45.6 Å². The van der Waals surface area contributed by atoms with Gasteiger partial charge in [-0.2, -0.15) is 0 Å². The van der Waals surface area contributed by atoms with Crippen molar-refractivity contribution in [3.8, 4) is 0 Å². The van der Waals surface area contributed by atoms with Crippen molar-refractivity contribution in [3.05, 3.63) is 35.9 Å². The van der Waals surface area contributed by atoms with E-state index in [-0.39, 0.29) is 30.1 Å². The van der Waals surface area contributed by atoms with Gasteiger partial charge in [0, 0.05) is 39.8 Å². The van der Waals surface area contributed by atoms with Crippen molar-refractivity contribution in [2.24, 2.45) is 10.9 Å². The number of hydrogen-bond acceptors (Lipinski definition) is 4. The molecular formula is C23H40IN5O2. The van der Waals surface area contributed by atoms with E-state index in [2.05, 4.69) is 56.2 Å². The van der Waals surface area contributed by atoms with E-state index in [0.717, 1.165) is 45.0 Å². The monoisotopic (exact) mass is 545 g/mol. The molecular weight excluding hydrogens is 505 g/mol. The summed E-state index contributed by atoms with van der Waals surface area (Å²) in [6, 6.07) is 10.7. The molecule has 1 fully saturated rings. The molecule has 1 aromatic rings. The van der Waals surface area contributed by atoms with Crippen molar-refractivity contribution in [3.63, 3.8) is 0 Å².